The summed E-state index contributed by atoms with van der Waals surface area (Å²) in [6.45, 7) is 5.51. The van der Waals surface area contributed by atoms with E-state index in [-0.39, 0.29) is 29.5 Å². The minimum absolute atomic E-state index is 0.0412. The highest BCUT2D eigenvalue weighted by atomic mass is 19.1. The van der Waals surface area contributed by atoms with E-state index >= 15 is 0 Å². The number of benzene rings is 1. The second-order valence-corrected chi connectivity index (χ2v) is 6.22. The Labute approximate surface area is 140 Å². The lowest BCUT2D eigenvalue weighted by Crippen LogP contribution is -2.53. The van der Waals surface area contributed by atoms with Gasteiger partial charge in [-0.2, -0.15) is 0 Å². The summed E-state index contributed by atoms with van der Waals surface area (Å²) in [6.07, 6.45) is 3.30. The molecular formula is C18H21F2NO3. The highest BCUT2D eigenvalue weighted by Crippen LogP contribution is 2.35. The zero-order chi connectivity index (χ0) is 17.1. The van der Waals surface area contributed by atoms with E-state index in [2.05, 4.69) is 6.58 Å². The lowest BCUT2D eigenvalue weighted by molar-refractivity contribution is -0.0738. The third kappa shape index (κ3) is 3.49. The Morgan fingerprint density at radius 3 is 2.79 bits per heavy atom. The van der Waals surface area contributed by atoms with Crippen LogP contribution >= 0.6 is 0 Å². The van der Waals surface area contributed by atoms with E-state index in [4.69, 9.17) is 9.47 Å². The number of ether oxygens (including phenoxy) is 2. The van der Waals surface area contributed by atoms with Gasteiger partial charge in [-0.3, -0.25) is 4.79 Å². The maximum atomic E-state index is 13.4. The summed E-state index contributed by atoms with van der Waals surface area (Å²) in [6, 6.07) is 2.85. The largest absolute Gasteiger partial charge is 0.377 e. The quantitative estimate of drug-likeness (QED) is 0.613. The van der Waals surface area contributed by atoms with Crippen LogP contribution in [0, 0.1) is 17.6 Å². The molecule has 0 bridgehead atoms. The van der Waals surface area contributed by atoms with Gasteiger partial charge in [-0.25, -0.2) is 8.78 Å². The summed E-state index contributed by atoms with van der Waals surface area (Å²) < 4.78 is 38.2. The summed E-state index contributed by atoms with van der Waals surface area (Å²) in [4.78, 5) is 14.4. The summed E-state index contributed by atoms with van der Waals surface area (Å²) >= 11 is 0. The van der Waals surface area contributed by atoms with Gasteiger partial charge >= 0.3 is 0 Å². The van der Waals surface area contributed by atoms with E-state index in [1.165, 1.54) is 0 Å². The van der Waals surface area contributed by atoms with Crippen molar-refractivity contribution in [1.29, 1.82) is 0 Å². The molecule has 3 rings (SSSR count). The molecule has 0 N–H and O–H groups in total. The molecule has 2 aliphatic rings. The van der Waals surface area contributed by atoms with E-state index in [1.807, 2.05) is 0 Å². The molecule has 4 nitrogen and oxygen atoms in total. The minimum Gasteiger partial charge on any atom is -0.377 e. The maximum Gasteiger partial charge on any atom is 0.254 e. The van der Waals surface area contributed by atoms with Crippen LogP contribution in [0.5, 0.6) is 0 Å². The highest BCUT2D eigenvalue weighted by molar-refractivity contribution is 5.94. The molecule has 1 aromatic carbocycles. The van der Waals surface area contributed by atoms with Gasteiger partial charge in [0.1, 0.15) is 11.6 Å². The van der Waals surface area contributed by atoms with Crippen molar-refractivity contribution in [3.05, 3.63) is 48.1 Å². The second kappa shape index (κ2) is 7.40. The predicted octanol–water partition coefficient (Wildman–Crippen LogP) is 2.79. The van der Waals surface area contributed by atoms with Crippen LogP contribution in [0.25, 0.3) is 0 Å². The first-order valence-electron chi connectivity index (χ1n) is 8.17. The number of fused-ring (bicyclic) bond motifs is 1. The molecule has 1 aromatic rings. The number of hydrogen-bond donors (Lipinski definition) is 0. The fourth-order valence-electron chi connectivity index (χ4n) is 3.64. The van der Waals surface area contributed by atoms with Gasteiger partial charge in [0, 0.05) is 24.1 Å². The lowest BCUT2D eigenvalue weighted by atomic mass is 10.0. The maximum absolute atomic E-state index is 13.4. The van der Waals surface area contributed by atoms with Crippen LogP contribution in [0.1, 0.15) is 23.2 Å². The molecule has 1 aliphatic heterocycles. The van der Waals surface area contributed by atoms with Crippen molar-refractivity contribution in [2.24, 2.45) is 5.92 Å². The molecule has 2 fully saturated rings. The molecule has 0 radical (unpaired) electrons. The van der Waals surface area contributed by atoms with Gasteiger partial charge in [0.25, 0.3) is 5.91 Å². The fourth-order valence-corrected chi connectivity index (χ4v) is 3.64. The van der Waals surface area contributed by atoms with Crippen LogP contribution in [0.3, 0.4) is 0 Å². The Bertz CT molecular complexity index is 602. The molecule has 6 heteroatoms. The monoisotopic (exact) mass is 337 g/mol. The van der Waals surface area contributed by atoms with Crippen LogP contribution in [0.15, 0.2) is 30.9 Å². The smallest absolute Gasteiger partial charge is 0.254 e. The molecule has 0 unspecified atom stereocenters. The number of carbonyl (C=O) groups is 1. The van der Waals surface area contributed by atoms with Crippen LogP contribution in [-0.4, -0.2) is 49.3 Å². The van der Waals surface area contributed by atoms with Gasteiger partial charge in [0.15, 0.2) is 0 Å². The Balaban J connectivity index is 1.72. The number of amides is 1. The Hall–Kier alpha value is -1.79. The van der Waals surface area contributed by atoms with E-state index in [0.29, 0.717) is 26.4 Å². The van der Waals surface area contributed by atoms with Gasteiger partial charge in [-0.15, -0.1) is 6.58 Å². The molecular weight excluding hydrogens is 316 g/mol. The molecule has 3 atom stereocenters. The van der Waals surface area contributed by atoms with Gasteiger partial charge in [0.05, 0.1) is 32.0 Å². The third-order valence-electron chi connectivity index (χ3n) is 4.66. The van der Waals surface area contributed by atoms with E-state index < -0.39 is 11.6 Å². The molecule has 1 heterocycles. The Morgan fingerprint density at radius 1 is 1.33 bits per heavy atom. The van der Waals surface area contributed by atoms with E-state index in [9.17, 15) is 13.6 Å². The average Bonchev–Trinajstić information content (AvgIpc) is 2.97. The van der Waals surface area contributed by atoms with Crippen molar-refractivity contribution in [3.8, 4) is 0 Å². The van der Waals surface area contributed by atoms with Crippen LogP contribution in [0.2, 0.25) is 0 Å². The number of carbonyl (C=O) groups excluding carboxylic acids is 1. The zero-order valence-electron chi connectivity index (χ0n) is 13.4. The molecule has 0 spiro atoms. The molecule has 1 saturated carbocycles. The normalized spacial score (nSPS) is 26.2. The number of nitrogens with zero attached hydrogens (tertiary/aromatic N) is 1. The number of halogens is 2. The predicted molar refractivity (Wildman–Crippen MR) is 84.7 cm³/mol. The van der Waals surface area contributed by atoms with Crippen molar-refractivity contribution in [1.82, 2.24) is 4.90 Å². The first kappa shape index (κ1) is 17.0. The number of morpholine rings is 1. The first-order valence-corrected chi connectivity index (χ1v) is 8.17. The summed E-state index contributed by atoms with van der Waals surface area (Å²) in [5.41, 5.74) is 0.0412. The van der Waals surface area contributed by atoms with E-state index in [0.717, 1.165) is 31.0 Å². The number of rotatable bonds is 5. The standard InChI is InChI=1S/C18H21F2NO3/c1-2-6-23-11-12-3-4-16-17(12)24-7-5-21(16)18(22)13-8-14(19)10-15(20)9-13/h2,8-10,12,16-17H,1,3-7,11H2/t12-,16-,17+/m0/s1. The van der Waals surface area contributed by atoms with Crippen LogP contribution in [-0.2, 0) is 9.47 Å². The molecule has 130 valence electrons. The molecule has 1 saturated heterocycles. The number of hydrogen-bond acceptors (Lipinski definition) is 3. The topological polar surface area (TPSA) is 38.8 Å². The van der Waals surface area contributed by atoms with Crippen molar-refractivity contribution in [2.75, 3.05) is 26.4 Å². The Kier molecular flexibility index (Phi) is 5.26. The molecule has 1 aliphatic carbocycles. The van der Waals surface area contributed by atoms with Gasteiger partial charge in [-0.05, 0) is 25.0 Å². The van der Waals surface area contributed by atoms with Gasteiger partial charge in [-0.1, -0.05) is 6.08 Å². The SMILES string of the molecule is C=CCOC[C@@H]1CC[C@H]2[C@@H]1OCCN2C(=O)c1cc(F)cc(F)c1. The molecule has 0 aromatic heterocycles. The van der Waals surface area contributed by atoms with Crippen molar-refractivity contribution in [3.63, 3.8) is 0 Å². The summed E-state index contributed by atoms with van der Waals surface area (Å²) in [5.74, 6) is -1.62. The zero-order valence-corrected chi connectivity index (χ0v) is 13.4. The van der Waals surface area contributed by atoms with E-state index in [1.54, 1.807) is 11.0 Å². The van der Waals surface area contributed by atoms with Gasteiger partial charge in [0.2, 0.25) is 0 Å². The first-order chi connectivity index (χ1) is 11.6. The Morgan fingerprint density at radius 2 is 2.08 bits per heavy atom. The lowest BCUT2D eigenvalue weighted by Gasteiger charge is -2.39. The second-order valence-electron chi connectivity index (χ2n) is 6.22. The fraction of sp³-hybridized carbons (Fsp3) is 0.500. The minimum atomic E-state index is -0.745. The van der Waals surface area contributed by atoms with Crippen molar-refractivity contribution >= 4 is 5.91 Å². The summed E-state index contributed by atoms with van der Waals surface area (Å²) in [7, 11) is 0. The highest BCUT2D eigenvalue weighted by Gasteiger charge is 2.44. The molecule has 24 heavy (non-hydrogen) atoms. The van der Waals surface area contributed by atoms with Crippen molar-refractivity contribution in [2.45, 2.75) is 25.0 Å². The molecule has 1 amide bonds. The summed E-state index contributed by atoms with van der Waals surface area (Å²) in [5, 5.41) is 0. The van der Waals surface area contributed by atoms with Crippen LogP contribution < -0.4 is 0 Å². The van der Waals surface area contributed by atoms with Crippen LogP contribution in [0.4, 0.5) is 8.78 Å². The average molecular weight is 337 g/mol. The van der Waals surface area contributed by atoms with Gasteiger partial charge < -0.3 is 14.4 Å². The van der Waals surface area contributed by atoms with Crippen molar-refractivity contribution < 1.29 is 23.0 Å². The third-order valence-corrected chi connectivity index (χ3v) is 4.66.